The van der Waals surface area contributed by atoms with Crippen LogP contribution in [0.15, 0.2) is 41.8 Å². The van der Waals surface area contributed by atoms with E-state index < -0.39 is 12.6 Å². The van der Waals surface area contributed by atoms with E-state index in [0.29, 0.717) is 17.9 Å². The second-order valence-corrected chi connectivity index (χ2v) is 6.35. The molecule has 0 spiro atoms. The number of amides is 1. The van der Waals surface area contributed by atoms with Gasteiger partial charge in [-0.3, -0.25) is 4.79 Å². The van der Waals surface area contributed by atoms with Crippen molar-refractivity contribution in [3.8, 4) is 5.75 Å². The van der Waals surface area contributed by atoms with E-state index in [1.807, 2.05) is 31.4 Å². The lowest BCUT2D eigenvalue weighted by Gasteiger charge is -2.26. The lowest BCUT2D eigenvalue weighted by Crippen LogP contribution is -2.36. The maximum Gasteiger partial charge on any atom is 0.341 e. The summed E-state index contributed by atoms with van der Waals surface area (Å²) in [6.45, 7) is 4.06. The number of carbonyl (C=O) groups is 2. The van der Waals surface area contributed by atoms with Gasteiger partial charge in [0, 0.05) is 16.5 Å². The van der Waals surface area contributed by atoms with Gasteiger partial charge in [-0.15, -0.1) is 11.3 Å². The molecule has 0 unspecified atom stereocenters. The molecule has 1 amide bonds. The van der Waals surface area contributed by atoms with Gasteiger partial charge in [0.05, 0.1) is 6.54 Å². The maximum absolute atomic E-state index is 12.8. The van der Waals surface area contributed by atoms with E-state index in [1.54, 1.807) is 40.5 Å². The fourth-order valence-electron chi connectivity index (χ4n) is 2.09. The fourth-order valence-corrected chi connectivity index (χ4v) is 2.79. The van der Waals surface area contributed by atoms with Gasteiger partial charge in [0.2, 0.25) is 0 Å². The van der Waals surface area contributed by atoms with Crippen LogP contribution in [-0.2, 0) is 11.3 Å². The molecule has 1 aromatic carbocycles. The van der Waals surface area contributed by atoms with Gasteiger partial charge in [-0.1, -0.05) is 12.1 Å². The van der Waals surface area contributed by atoms with Gasteiger partial charge in [-0.25, -0.2) is 4.79 Å². The van der Waals surface area contributed by atoms with Crippen LogP contribution in [-0.4, -0.2) is 34.5 Å². The van der Waals surface area contributed by atoms with Gasteiger partial charge >= 0.3 is 5.97 Å². The molecule has 0 aliphatic heterocycles. The van der Waals surface area contributed by atoms with Crippen molar-refractivity contribution < 1.29 is 19.4 Å². The lowest BCUT2D eigenvalue weighted by atomic mass is 10.1. The predicted molar refractivity (Wildman–Crippen MR) is 88.9 cm³/mol. The number of benzene rings is 1. The third-order valence-corrected chi connectivity index (χ3v) is 4.09. The highest BCUT2D eigenvalue weighted by molar-refractivity contribution is 7.09. The highest BCUT2D eigenvalue weighted by Crippen LogP contribution is 2.19. The minimum Gasteiger partial charge on any atom is -0.482 e. The third kappa shape index (κ3) is 4.82. The topological polar surface area (TPSA) is 66.8 Å². The summed E-state index contributed by atoms with van der Waals surface area (Å²) in [6.07, 6.45) is 0. The first-order valence-electron chi connectivity index (χ1n) is 7.25. The Morgan fingerprint density at radius 1 is 1.26 bits per heavy atom. The van der Waals surface area contributed by atoms with Crippen molar-refractivity contribution in [1.82, 2.24) is 4.90 Å². The number of hydrogen-bond donors (Lipinski definition) is 1. The first-order chi connectivity index (χ1) is 11.0. The van der Waals surface area contributed by atoms with E-state index in [1.165, 1.54) is 0 Å². The molecule has 0 bridgehead atoms. The number of nitrogens with zero attached hydrogens (tertiary/aromatic N) is 1. The van der Waals surface area contributed by atoms with Crippen LogP contribution in [0.3, 0.4) is 0 Å². The Kier molecular flexibility index (Phi) is 5.76. The lowest BCUT2D eigenvalue weighted by molar-refractivity contribution is -0.139. The van der Waals surface area contributed by atoms with Crippen molar-refractivity contribution in [2.24, 2.45) is 0 Å². The smallest absolute Gasteiger partial charge is 0.341 e. The van der Waals surface area contributed by atoms with Gasteiger partial charge in [-0.05, 0) is 43.5 Å². The largest absolute Gasteiger partial charge is 0.482 e. The molecule has 5 nitrogen and oxygen atoms in total. The summed E-state index contributed by atoms with van der Waals surface area (Å²) < 4.78 is 5.14. The van der Waals surface area contributed by atoms with Crippen molar-refractivity contribution in [3.63, 3.8) is 0 Å². The molecule has 2 aromatic rings. The normalized spacial score (nSPS) is 10.6. The summed E-state index contributed by atoms with van der Waals surface area (Å²) in [5, 5.41) is 10.6. The first-order valence-corrected chi connectivity index (χ1v) is 8.13. The number of thiophene rings is 1. The van der Waals surface area contributed by atoms with Crippen LogP contribution in [0.1, 0.15) is 29.1 Å². The highest BCUT2D eigenvalue weighted by Gasteiger charge is 2.20. The van der Waals surface area contributed by atoms with E-state index >= 15 is 0 Å². The second kappa shape index (κ2) is 7.78. The molecular weight excluding hydrogens is 314 g/mol. The average Bonchev–Trinajstić information content (AvgIpc) is 3.03. The van der Waals surface area contributed by atoms with Gasteiger partial charge in [0.15, 0.2) is 6.61 Å². The number of hydrogen-bond acceptors (Lipinski definition) is 4. The summed E-state index contributed by atoms with van der Waals surface area (Å²) in [7, 11) is 0. The molecule has 6 heteroatoms. The average molecular weight is 333 g/mol. The SMILES string of the molecule is CC(C)N(Cc1cccs1)C(=O)c1cccc(OCC(=O)O)c1. The minimum atomic E-state index is -1.05. The van der Waals surface area contributed by atoms with Crippen LogP contribution in [0.25, 0.3) is 0 Å². The minimum absolute atomic E-state index is 0.0493. The number of aliphatic carboxylic acids is 1. The van der Waals surface area contributed by atoms with Crippen LogP contribution in [0.5, 0.6) is 5.75 Å². The highest BCUT2D eigenvalue weighted by atomic mass is 32.1. The molecule has 0 aliphatic rings. The Labute approximate surface area is 139 Å². The molecule has 2 rings (SSSR count). The molecule has 1 aromatic heterocycles. The van der Waals surface area contributed by atoms with Gasteiger partial charge in [0.25, 0.3) is 5.91 Å². The number of carbonyl (C=O) groups excluding carboxylic acids is 1. The molecule has 0 fully saturated rings. The number of rotatable bonds is 7. The molecule has 0 radical (unpaired) electrons. The monoisotopic (exact) mass is 333 g/mol. The van der Waals surface area contributed by atoms with Crippen LogP contribution in [0, 0.1) is 0 Å². The third-order valence-electron chi connectivity index (χ3n) is 3.23. The zero-order valence-electron chi connectivity index (χ0n) is 13.1. The number of ether oxygens (including phenoxy) is 1. The summed E-state index contributed by atoms with van der Waals surface area (Å²) in [4.78, 5) is 26.2. The molecule has 1 heterocycles. The molecule has 0 saturated carbocycles. The Bertz CT molecular complexity index is 667. The first kappa shape index (κ1) is 17.0. The van der Waals surface area contributed by atoms with Gasteiger partial charge in [0.1, 0.15) is 5.75 Å². The van der Waals surface area contributed by atoms with E-state index in [9.17, 15) is 9.59 Å². The van der Waals surface area contributed by atoms with Crippen molar-refractivity contribution in [2.45, 2.75) is 26.4 Å². The summed E-state index contributed by atoms with van der Waals surface area (Å²) >= 11 is 1.61. The van der Waals surface area contributed by atoms with E-state index in [0.717, 1.165) is 4.88 Å². The zero-order valence-corrected chi connectivity index (χ0v) is 13.9. The standard InChI is InChI=1S/C17H19NO4S/c1-12(2)18(10-15-7-4-8-23-15)17(21)13-5-3-6-14(9-13)22-11-16(19)20/h3-9,12H,10-11H2,1-2H3,(H,19,20). The molecular formula is C17H19NO4S. The number of carboxylic acid groups (broad SMARTS) is 1. The summed E-state index contributed by atoms with van der Waals surface area (Å²) in [6, 6.07) is 10.6. The second-order valence-electron chi connectivity index (χ2n) is 5.32. The fraction of sp³-hybridized carbons (Fsp3) is 0.294. The van der Waals surface area contributed by atoms with Crippen molar-refractivity contribution in [1.29, 1.82) is 0 Å². The Morgan fingerprint density at radius 2 is 2.04 bits per heavy atom. The van der Waals surface area contributed by atoms with E-state index in [2.05, 4.69) is 0 Å². The van der Waals surface area contributed by atoms with Crippen molar-refractivity contribution in [2.75, 3.05) is 6.61 Å². The van der Waals surface area contributed by atoms with Crippen LogP contribution in [0.4, 0.5) is 0 Å². The zero-order chi connectivity index (χ0) is 16.8. The maximum atomic E-state index is 12.8. The van der Waals surface area contributed by atoms with Crippen LogP contribution < -0.4 is 4.74 Å². The quantitative estimate of drug-likeness (QED) is 0.844. The Hall–Kier alpha value is -2.34. The molecule has 1 N–H and O–H groups in total. The number of carboxylic acids is 1. The van der Waals surface area contributed by atoms with Crippen LogP contribution >= 0.6 is 11.3 Å². The molecule has 23 heavy (non-hydrogen) atoms. The predicted octanol–water partition coefficient (Wildman–Crippen LogP) is 3.26. The summed E-state index contributed by atoms with van der Waals surface area (Å²) in [5.74, 6) is -0.782. The molecule has 0 saturated heterocycles. The van der Waals surface area contributed by atoms with Crippen LogP contribution in [0.2, 0.25) is 0 Å². The molecule has 0 aliphatic carbocycles. The van der Waals surface area contributed by atoms with Crippen molar-refractivity contribution >= 4 is 23.2 Å². The molecule has 0 atom stereocenters. The van der Waals surface area contributed by atoms with E-state index in [4.69, 9.17) is 9.84 Å². The van der Waals surface area contributed by atoms with Gasteiger partial charge < -0.3 is 14.7 Å². The Morgan fingerprint density at radius 3 is 2.65 bits per heavy atom. The molecule has 122 valence electrons. The van der Waals surface area contributed by atoms with E-state index in [-0.39, 0.29) is 11.9 Å². The summed E-state index contributed by atoms with van der Waals surface area (Å²) in [5.41, 5.74) is 0.484. The Balaban J connectivity index is 2.15. The van der Waals surface area contributed by atoms with Gasteiger partial charge in [-0.2, -0.15) is 0 Å². The van der Waals surface area contributed by atoms with Crippen molar-refractivity contribution in [3.05, 3.63) is 52.2 Å².